The summed E-state index contributed by atoms with van der Waals surface area (Å²) in [6.45, 7) is 3.00. The van der Waals surface area contributed by atoms with Crippen LogP contribution in [0.25, 0.3) is 0 Å². The molecule has 0 saturated carbocycles. The molecule has 0 radical (unpaired) electrons. The normalized spacial score (nSPS) is 12.2. The Morgan fingerprint density at radius 2 is 2.19 bits per heavy atom. The van der Waals surface area contributed by atoms with Crippen LogP contribution < -0.4 is 5.56 Å². The second-order valence-electron chi connectivity index (χ2n) is 3.71. The number of pyridine rings is 1. The molecular formula is C11H14N2O3. The van der Waals surface area contributed by atoms with E-state index >= 15 is 0 Å². The van der Waals surface area contributed by atoms with Crippen LogP contribution in [0.4, 0.5) is 0 Å². The van der Waals surface area contributed by atoms with Crippen LogP contribution in [0.3, 0.4) is 0 Å². The SMILES string of the molecule is Cc1cc(C)n(CC(O)CO)c(=O)c1C#N. The van der Waals surface area contributed by atoms with Gasteiger partial charge in [-0.05, 0) is 25.5 Å². The van der Waals surface area contributed by atoms with E-state index in [0.29, 0.717) is 11.3 Å². The lowest BCUT2D eigenvalue weighted by atomic mass is 10.1. The molecule has 0 amide bonds. The molecule has 0 aliphatic carbocycles. The van der Waals surface area contributed by atoms with E-state index in [1.54, 1.807) is 19.9 Å². The maximum absolute atomic E-state index is 11.8. The number of nitrogens with zero attached hydrogens (tertiary/aromatic N) is 2. The van der Waals surface area contributed by atoms with Crippen molar-refractivity contribution in [3.8, 4) is 6.07 Å². The van der Waals surface area contributed by atoms with Crippen molar-refractivity contribution in [3.05, 3.63) is 33.2 Å². The number of aliphatic hydroxyl groups excluding tert-OH is 2. The van der Waals surface area contributed by atoms with Gasteiger partial charge in [0.1, 0.15) is 11.6 Å². The zero-order chi connectivity index (χ0) is 12.3. The van der Waals surface area contributed by atoms with E-state index in [0.717, 1.165) is 0 Å². The van der Waals surface area contributed by atoms with E-state index in [9.17, 15) is 9.90 Å². The van der Waals surface area contributed by atoms with Crippen molar-refractivity contribution in [2.45, 2.75) is 26.5 Å². The first kappa shape index (κ1) is 12.4. The molecule has 1 unspecified atom stereocenters. The average Bonchev–Trinajstić information content (AvgIpc) is 2.24. The largest absolute Gasteiger partial charge is 0.394 e. The predicted octanol–water partition coefficient (Wildman–Crippen LogP) is -0.310. The Kier molecular flexibility index (Phi) is 3.82. The lowest BCUT2D eigenvalue weighted by Gasteiger charge is -2.14. The molecule has 86 valence electrons. The molecule has 0 aliphatic rings. The summed E-state index contributed by atoms with van der Waals surface area (Å²) in [4.78, 5) is 11.8. The molecule has 1 atom stereocenters. The van der Waals surface area contributed by atoms with Gasteiger partial charge in [-0.1, -0.05) is 0 Å². The van der Waals surface area contributed by atoms with Crippen molar-refractivity contribution in [2.24, 2.45) is 0 Å². The van der Waals surface area contributed by atoms with Crippen LogP contribution in [0.1, 0.15) is 16.8 Å². The summed E-state index contributed by atoms with van der Waals surface area (Å²) in [5, 5.41) is 26.9. The number of aromatic nitrogens is 1. The summed E-state index contributed by atoms with van der Waals surface area (Å²) >= 11 is 0. The van der Waals surface area contributed by atoms with Gasteiger partial charge in [-0.25, -0.2) is 0 Å². The van der Waals surface area contributed by atoms with Gasteiger partial charge in [0.15, 0.2) is 0 Å². The number of rotatable bonds is 3. The minimum Gasteiger partial charge on any atom is -0.394 e. The van der Waals surface area contributed by atoms with Crippen molar-refractivity contribution in [3.63, 3.8) is 0 Å². The average molecular weight is 222 g/mol. The van der Waals surface area contributed by atoms with E-state index in [4.69, 9.17) is 10.4 Å². The fourth-order valence-electron chi connectivity index (χ4n) is 1.56. The molecular weight excluding hydrogens is 208 g/mol. The van der Waals surface area contributed by atoms with Gasteiger partial charge in [-0.2, -0.15) is 5.26 Å². The van der Waals surface area contributed by atoms with Gasteiger partial charge < -0.3 is 14.8 Å². The molecule has 2 N–H and O–H groups in total. The number of aryl methyl sites for hydroxylation is 2. The van der Waals surface area contributed by atoms with Crippen molar-refractivity contribution in [1.82, 2.24) is 4.57 Å². The molecule has 0 fully saturated rings. The molecule has 0 aromatic carbocycles. The number of hydrogen-bond donors (Lipinski definition) is 2. The van der Waals surface area contributed by atoms with Crippen molar-refractivity contribution in [2.75, 3.05) is 6.61 Å². The Balaban J connectivity index is 3.30. The van der Waals surface area contributed by atoms with Crippen LogP contribution >= 0.6 is 0 Å². The monoisotopic (exact) mass is 222 g/mol. The van der Waals surface area contributed by atoms with Crippen LogP contribution in [0.2, 0.25) is 0 Å². The molecule has 16 heavy (non-hydrogen) atoms. The maximum Gasteiger partial charge on any atom is 0.269 e. The lowest BCUT2D eigenvalue weighted by molar-refractivity contribution is 0.0798. The summed E-state index contributed by atoms with van der Waals surface area (Å²) in [5.74, 6) is 0. The van der Waals surface area contributed by atoms with Gasteiger partial charge in [-0.3, -0.25) is 4.79 Å². The zero-order valence-electron chi connectivity index (χ0n) is 9.27. The third kappa shape index (κ3) is 2.30. The van der Waals surface area contributed by atoms with Crippen molar-refractivity contribution >= 4 is 0 Å². The summed E-state index contributed by atoms with van der Waals surface area (Å²) < 4.78 is 1.30. The van der Waals surface area contributed by atoms with Crippen LogP contribution in [-0.2, 0) is 6.54 Å². The molecule has 0 spiro atoms. The van der Waals surface area contributed by atoms with Crippen LogP contribution in [0.15, 0.2) is 10.9 Å². The molecule has 5 heteroatoms. The highest BCUT2D eigenvalue weighted by atomic mass is 16.3. The third-order valence-corrected chi connectivity index (χ3v) is 2.42. The van der Waals surface area contributed by atoms with Gasteiger partial charge in [0.05, 0.1) is 19.3 Å². The summed E-state index contributed by atoms with van der Waals surface area (Å²) in [5.41, 5.74) is 0.942. The van der Waals surface area contributed by atoms with E-state index in [1.807, 2.05) is 6.07 Å². The van der Waals surface area contributed by atoms with Gasteiger partial charge in [0.2, 0.25) is 0 Å². The predicted molar refractivity (Wildman–Crippen MR) is 58.0 cm³/mol. The minimum atomic E-state index is -0.995. The van der Waals surface area contributed by atoms with Crippen LogP contribution in [0, 0.1) is 25.2 Å². The zero-order valence-corrected chi connectivity index (χ0v) is 9.27. The maximum atomic E-state index is 11.8. The third-order valence-electron chi connectivity index (χ3n) is 2.42. The Hall–Kier alpha value is -1.64. The fourth-order valence-corrected chi connectivity index (χ4v) is 1.56. The molecule has 1 heterocycles. The van der Waals surface area contributed by atoms with Gasteiger partial charge in [0, 0.05) is 5.69 Å². The topological polar surface area (TPSA) is 86.2 Å². The first-order valence-electron chi connectivity index (χ1n) is 4.91. The van der Waals surface area contributed by atoms with Gasteiger partial charge >= 0.3 is 0 Å². The second-order valence-corrected chi connectivity index (χ2v) is 3.71. The molecule has 0 aliphatic heterocycles. The van der Waals surface area contributed by atoms with Crippen LogP contribution in [0.5, 0.6) is 0 Å². The highest BCUT2D eigenvalue weighted by Gasteiger charge is 2.12. The van der Waals surface area contributed by atoms with Crippen molar-refractivity contribution < 1.29 is 10.2 Å². The number of aliphatic hydroxyl groups is 2. The van der Waals surface area contributed by atoms with Crippen molar-refractivity contribution in [1.29, 1.82) is 5.26 Å². The first-order valence-corrected chi connectivity index (χ1v) is 4.91. The summed E-state index contributed by atoms with van der Waals surface area (Å²) in [7, 11) is 0. The fraction of sp³-hybridized carbons (Fsp3) is 0.455. The highest BCUT2D eigenvalue weighted by molar-refractivity contribution is 5.36. The smallest absolute Gasteiger partial charge is 0.269 e. The van der Waals surface area contributed by atoms with Gasteiger partial charge in [0.25, 0.3) is 5.56 Å². The highest BCUT2D eigenvalue weighted by Crippen LogP contribution is 2.05. The molecule has 0 saturated heterocycles. The Morgan fingerprint density at radius 1 is 1.56 bits per heavy atom. The van der Waals surface area contributed by atoms with Gasteiger partial charge in [-0.15, -0.1) is 0 Å². The first-order chi connectivity index (χ1) is 7.51. The number of nitriles is 1. The molecule has 1 aromatic heterocycles. The summed E-state index contributed by atoms with van der Waals surface area (Å²) in [6.07, 6.45) is -0.995. The molecule has 5 nitrogen and oxygen atoms in total. The molecule has 1 rings (SSSR count). The van der Waals surface area contributed by atoms with E-state index in [1.165, 1.54) is 4.57 Å². The summed E-state index contributed by atoms with van der Waals surface area (Å²) in [6, 6.07) is 3.56. The lowest BCUT2D eigenvalue weighted by Crippen LogP contribution is -2.31. The van der Waals surface area contributed by atoms with E-state index in [-0.39, 0.29) is 12.1 Å². The van der Waals surface area contributed by atoms with E-state index < -0.39 is 18.3 Å². The second kappa shape index (κ2) is 4.92. The number of hydrogen-bond acceptors (Lipinski definition) is 4. The standard InChI is InChI=1S/C11H14N2O3/c1-7-3-8(2)13(5-9(15)6-14)11(16)10(7)4-12/h3,9,14-15H,5-6H2,1-2H3. The van der Waals surface area contributed by atoms with Crippen LogP contribution in [-0.4, -0.2) is 27.5 Å². The Morgan fingerprint density at radius 3 is 2.69 bits per heavy atom. The quantitative estimate of drug-likeness (QED) is 0.734. The van der Waals surface area contributed by atoms with E-state index in [2.05, 4.69) is 0 Å². The Labute approximate surface area is 93.2 Å². The molecule has 1 aromatic rings. The molecule has 0 bridgehead atoms. The minimum absolute atomic E-state index is 0.00384. The Bertz CT molecular complexity index is 485.